The van der Waals surface area contributed by atoms with E-state index in [4.69, 9.17) is 9.47 Å². The summed E-state index contributed by atoms with van der Waals surface area (Å²) in [4.78, 5) is 15.7. The van der Waals surface area contributed by atoms with Crippen LogP contribution in [-0.2, 0) is 19.1 Å². The first kappa shape index (κ1) is 19.3. The molecule has 5 heteroatoms. The maximum Gasteiger partial charge on any atom is 0.171 e. The van der Waals surface area contributed by atoms with Crippen LogP contribution in [0.25, 0.3) is 0 Å². The number of aldehydes is 1. The second-order valence-electron chi connectivity index (χ2n) is 5.95. The fraction of sp³-hybridized carbons (Fsp3) is 0.824. The predicted molar refractivity (Wildman–Crippen MR) is 86.3 cm³/mol. The molecular formula is C17H31NO4. The Morgan fingerprint density at radius 1 is 1.36 bits per heavy atom. The SMILES string of the molecule is CCOC1(OC)CCCC2C(C=O)=CCCC21.CON(C)C. The van der Waals surface area contributed by atoms with Crippen molar-refractivity contribution in [3.05, 3.63) is 11.6 Å². The Bertz CT molecular complexity index is 366. The van der Waals surface area contributed by atoms with Gasteiger partial charge in [0.05, 0.1) is 7.11 Å². The largest absolute Gasteiger partial charge is 0.353 e. The van der Waals surface area contributed by atoms with Crippen LogP contribution in [0.1, 0.15) is 39.0 Å². The summed E-state index contributed by atoms with van der Waals surface area (Å²) in [5.41, 5.74) is 0.960. The van der Waals surface area contributed by atoms with Gasteiger partial charge < -0.3 is 14.3 Å². The van der Waals surface area contributed by atoms with E-state index < -0.39 is 5.79 Å². The molecule has 0 bridgehead atoms. The van der Waals surface area contributed by atoms with Gasteiger partial charge in [0.1, 0.15) is 6.29 Å². The molecule has 2 aliphatic rings. The summed E-state index contributed by atoms with van der Waals surface area (Å²) in [5, 5.41) is 1.62. The number of hydrogen-bond acceptors (Lipinski definition) is 5. The van der Waals surface area contributed by atoms with E-state index >= 15 is 0 Å². The van der Waals surface area contributed by atoms with Gasteiger partial charge in [0.2, 0.25) is 0 Å². The molecule has 5 nitrogen and oxygen atoms in total. The van der Waals surface area contributed by atoms with Gasteiger partial charge in [-0.25, -0.2) is 0 Å². The summed E-state index contributed by atoms with van der Waals surface area (Å²) in [6.07, 6.45) is 8.25. The molecule has 0 aromatic carbocycles. The predicted octanol–water partition coefficient (Wildman–Crippen LogP) is 2.81. The number of nitrogens with zero attached hydrogens (tertiary/aromatic N) is 1. The highest BCUT2D eigenvalue weighted by molar-refractivity contribution is 5.74. The summed E-state index contributed by atoms with van der Waals surface area (Å²) >= 11 is 0. The average Bonchev–Trinajstić information content (AvgIpc) is 2.55. The minimum atomic E-state index is -0.458. The van der Waals surface area contributed by atoms with Gasteiger partial charge in [-0.2, -0.15) is 5.06 Å². The molecule has 22 heavy (non-hydrogen) atoms. The lowest BCUT2D eigenvalue weighted by molar-refractivity contribution is -0.275. The van der Waals surface area contributed by atoms with Gasteiger partial charge in [-0.3, -0.25) is 4.79 Å². The standard InChI is InChI=1S/C14H22O3.C3H9NO/c1-3-17-14(16-2)9-5-7-12-11(10-15)6-4-8-13(12)14;1-4(2)5-3/h6,10,12-13H,3-5,7-9H2,1-2H3;1-3H3. The van der Waals surface area contributed by atoms with E-state index in [1.165, 1.54) is 0 Å². The summed E-state index contributed by atoms with van der Waals surface area (Å²) in [6.45, 7) is 2.67. The first-order valence-corrected chi connectivity index (χ1v) is 8.10. The topological polar surface area (TPSA) is 48.0 Å². The smallest absolute Gasteiger partial charge is 0.171 e. The molecule has 128 valence electrons. The average molecular weight is 313 g/mol. The second kappa shape index (κ2) is 9.40. The number of methoxy groups -OCH3 is 1. The van der Waals surface area contributed by atoms with Crippen LogP contribution < -0.4 is 0 Å². The molecule has 0 spiro atoms. The first-order chi connectivity index (χ1) is 10.5. The Balaban J connectivity index is 0.000000422. The molecule has 0 aromatic heterocycles. The van der Waals surface area contributed by atoms with Gasteiger partial charge in [0.25, 0.3) is 0 Å². The fourth-order valence-corrected chi connectivity index (χ4v) is 3.53. The number of carbonyl (C=O) groups is 1. The minimum Gasteiger partial charge on any atom is -0.353 e. The molecule has 0 aromatic rings. The molecule has 0 saturated heterocycles. The van der Waals surface area contributed by atoms with Crippen molar-refractivity contribution in [2.75, 3.05) is 34.9 Å². The summed E-state index contributed by atoms with van der Waals surface area (Å²) in [5.74, 6) is 0.216. The minimum absolute atomic E-state index is 0.335. The number of hydroxylamine groups is 2. The van der Waals surface area contributed by atoms with Crippen LogP contribution in [0.3, 0.4) is 0 Å². The number of fused-ring (bicyclic) bond motifs is 1. The third-order valence-corrected chi connectivity index (χ3v) is 4.61. The molecule has 1 saturated carbocycles. The number of hydrogen-bond donors (Lipinski definition) is 0. The van der Waals surface area contributed by atoms with Crippen LogP contribution in [0, 0.1) is 11.8 Å². The van der Waals surface area contributed by atoms with E-state index in [2.05, 4.69) is 10.9 Å². The van der Waals surface area contributed by atoms with Crippen molar-refractivity contribution >= 4 is 6.29 Å². The highest BCUT2D eigenvalue weighted by Gasteiger charge is 2.48. The molecular weight excluding hydrogens is 282 g/mol. The molecule has 0 radical (unpaired) electrons. The Kier molecular flexibility index (Phi) is 8.25. The van der Waals surface area contributed by atoms with E-state index in [0.717, 1.165) is 44.0 Å². The van der Waals surface area contributed by atoms with Gasteiger partial charge in [-0.1, -0.05) is 6.08 Å². The van der Waals surface area contributed by atoms with Crippen LogP contribution in [0.15, 0.2) is 11.6 Å². The quantitative estimate of drug-likeness (QED) is 0.444. The third kappa shape index (κ3) is 4.62. The highest BCUT2D eigenvalue weighted by atomic mass is 16.7. The number of rotatable bonds is 5. The molecule has 0 heterocycles. The molecule has 1 fully saturated rings. The Labute approximate surface area is 134 Å². The van der Waals surface area contributed by atoms with Gasteiger partial charge >= 0.3 is 0 Å². The highest BCUT2D eigenvalue weighted by Crippen LogP contribution is 2.48. The van der Waals surface area contributed by atoms with Gasteiger partial charge in [-0.15, -0.1) is 0 Å². The molecule has 0 amide bonds. The summed E-state index contributed by atoms with van der Waals surface area (Å²) in [6, 6.07) is 0. The summed E-state index contributed by atoms with van der Waals surface area (Å²) < 4.78 is 11.6. The van der Waals surface area contributed by atoms with Crippen molar-refractivity contribution in [2.24, 2.45) is 11.8 Å². The van der Waals surface area contributed by atoms with Crippen molar-refractivity contribution < 1.29 is 19.1 Å². The van der Waals surface area contributed by atoms with Gasteiger partial charge in [-0.05, 0) is 44.1 Å². The third-order valence-electron chi connectivity index (χ3n) is 4.61. The van der Waals surface area contributed by atoms with Crippen molar-refractivity contribution in [2.45, 2.75) is 44.8 Å². The van der Waals surface area contributed by atoms with E-state index in [1.807, 2.05) is 21.0 Å². The molecule has 2 aliphatic carbocycles. The second-order valence-corrected chi connectivity index (χ2v) is 5.95. The monoisotopic (exact) mass is 313 g/mol. The summed E-state index contributed by atoms with van der Waals surface area (Å²) in [7, 11) is 7.02. The number of allylic oxidation sites excluding steroid dienone is 2. The van der Waals surface area contributed by atoms with E-state index in [0.29, 0.717) is 18.4 Å². The van der Waals surface area contributed by atoms with E-state index in [-0.39, 0.29) is 0 Å². The lowest BCUT2D eigenvalue weighted by Gasteiger charge is -2.48. The molecule has 2 rings (SSSR count). The van der Waals surface area contributed by atoms with E-state index in [9.17, 15) is 4.79 Å². The number of ether oxygens (including phenoxy) is 2. The normalized spacial score (nSPS) is 30.9. The van der Waals surface area contributed by atoms with Crippen molar-refractivity contribution in [3.63, 3.8) is 0 Å². The van der Waals surface area contributed by atoms with Crippen molar-refractivity contribution in [1.29, 1.82) is 0 Å². The van der Waals surface area contributed by atoms with Crippen LogP contribution in [0.2, 0.25) is 0 Å². The van der Waals surface area contributed by atoms with Crippen molar-refractivity contribution in [3.8, 4) is 0 Å². The van der Waals surface area contributed by atoms with Crippen LogP contribution in [0.5, 0.6) is 0 Å². The Morgan fingerprint density at radius 3 is 2.55 bits per heavy atom. The first-order valence-electron chi connectivity index (χ1n) is 8.10. The van der Waals surface area contributed by atoms with Gasteiger partial charge in [0, 0.05) is 40.2 Å². The zero-order chi connectivity index (χ0) is 16.6. The van der Waals surface area contributed by atoms with E-state index in [1.54, 1.807) is 19.3 Å². The molecule has 0 aliphatic heterocycles. The lowest BCUT2D eigenvalue weighted by atomic mass is 9.67. The molecule has 0 N–H and O–H groups in total. The molecule has 3 unspecified atom stereocenters. The number of carbonyl (C=O) groups excluding carboxylic acids is 1. The van der Waals surface area contributed by atoms with Crippen LogP contribution >= 0.6 is 0 Å². The van der Waals surface area contributed by atoms with Gasteiger partial charge in [0.15, 0.2) is 5.79 Å². The van der Waals surface area contributed by atoms with Crippen LogP contribution in [-0.4, -0.2) is 52.1 Å². The fourth-order valence-electron chi connectivity index (χ4n) is 3.53. The zero-order valence-corrected chi connectivity index (χ0v) is 14.6. The Morgan fingerprint density at radius 2 is 2.05 bits per heavy atom. The lowest BCUT2D eigenvalue weighted by Crippen LogP contribution is -2.50. The zero-order valence-electron chi connectivity index (χ0n) is 14.6. The van der Waals surface area contributed by atoms with Crippen LogP contribution in [0.4, 0.5) is 0 Å². The maximum atomic E-state index is 11.1. The maximum absolute atomic E-state index is 11.1. The Hall–Kier alpha value is -0.750. The molecule has 3 atom stereocenters. The van der Waals surface area contributed by atoms with Crippen molar-refractivity contribution in [1.82, 2.24) is 5.06 Å².